The lowest BCUT2D eigenvalue weighted by molar-refractivity contribution is -0.0161. The van der Waals surface area contributed by atoms with Gasteiger partial charge in [0.2, 0.25) is 0 Å². The normalized spacial score (nSPS) is 28.9. The molecular formula is C5H13NO2. The molecule has 0 aromatic heterocycles. The Kier molecular flexibility index (Phi) is 3.77. The summed E-state index contributed by atoms with van der Waals surface area (Å²) in [5.41, 5.74) is 0. The van der Waals surface area contributed by atoms with Gasteiger partial charge in [0.05, 0.1) is 13.2 Å². The van der Waals surface area contributed by atoms with Crippen LogP contribution in [0, 0.1) is 0 Å². The zero-order valence-corrected chi connectivity index (χ0v) is 4.05. The minimum Gasteiger partial charge on any atom is -0.376 e. The molecule has 3 nitrogen and oxygen atoms in total. The molecule has 0 aromatic carbocycles. The molecule has 0 saturated carbocycles. The molecule has 2 N–H and O–H groups in total. The summed E-state index contributed by atoms with van der Waals surface area (Å²) in [7, 11) is 0. The molecule has 0 unspecified atom stereocenters. The van der Waals surface area contributed by atoms with Crippen molar-refractivity contribution in [3.63, 3.8) is 0 Å². The number of aliphatic hydroxyl groups excluding tert-OH is 1. The topological polar surface area (TPSA) is 41.5 Å². The van der Waals surface area contributed by atoms with Gasteiger partial charge in [0.25, 0.3) is 0 Å². The van der Waals surface area contributed by atoms with E-state index >= 15 is 0 Å². The molecule has 8 heavy (non-hydrogen) atoms. The Hall–Kier alpha value is -0.120. The molecule has 1 atom stereocenters. The Balaban J connectivity index is 0.000000490. The van der Waals surface area contributed by atoms with E-state index in [1.165, 1.54) is 0 Å². The van der Waals surface area contributed by atoms with E-state index in [2.05, 4.69) is 5.32 Å². The molecule has 0 bridgehead atoms. The molecule has 1 aliphatic heterocycles. The van der Waals surface area contributed by atoms with Crippen molar-refractivity contribution in [2.24, 2.45) is 0 Å². The van der Waals surface area contributed by atoms with Crippen LogP contribution in [-0.4, -0.2) is 31.1 Å². The maximum Gasteiger partial charge on any atom is 0.128 e. The van der Waals surface area contributed by atoms with Crippen LogP contribution in [0.3, 0.4) is 0 Å². The van der Waals surface area contributed by atoms with Gasteiger partial charge in [0.15, 0.2) is 0 Å². The molecule has 1 saturated heterocycles. The van der Waals surface area contributed by atoms with E-state index in [-0.39, 0.29) is 7.43 Å². The summed E-state index contributed by atoms with van der Waals surface area (Å²) in [5, 5.41) is 11.5. The molecule has 1 aliphatic rings. The van der Waals surface area contributed by atoms with Crippen molar-refractivity contribution < 1.29 is 9.84 Å². The second-order valence-corrected chi connectivity index (χ2v) is 1.54. The van der Waals surface area contributed by atoms with Crippen molar-refractivity contribution in [3.8, 4) is 0 Å². The van der Waals surface area contributed by atoms with Gasteiger partial charge >= 0.3 is 0 Å². The number of rotatable bonds is 0. The molecule has 1 rings (SSSR count). The molecule has 0 spiro atoms. The fourth-order valence-electron chi connectivity index (χ4n) is 0.552. The van der Waals surface area contributed by atoms with E-state index in [0.717, 1.165) is 13.2 Å². The molecule has 50 valence electrons. The number of morpholine rings is 1. The van der Waals surface area contributed by atoms with Crippen LogP contribution >= 0.6 is 0 Å². The van der Waals surface area contributed by atoms with Crippen molar-refractivity contribution in [2.45, 2.75) is 13.7 Å². The standard InChI is InChI=1S/C4H9NO2.CH4/c6-4-3-7-2-1-5-4;/h4-6H,1-3H2;1H4/t4-;/m1./s1. The third-order valence-electron chi connectivity index (χ3n) is 0.902. The highest BCUT2D eigenvalue weighted by Gasteiger charge is 2.06. The van der Waals surface area contributed by atoms with Gasteiger partial charge in [-0.2, -0.15) is 0 Å². The minimum absolute atomic E-state index is 0. The second kappa shape index (κ2) is 3.83. The molecule has 1 fully saturated rings. The monoisotopic (exact) mass is 119 g/mol. The molecule has 0 radical (unpaired) electrons. The summed E-state index contributed by atoms with van der Waals surface area (Å²) in [6.45, 7) is 1.91. The summed E-state index contributed by atoms with van der Waals surface area (Å²) < 4.78 is 4.87. The van der Waals surface area contributed by atoms with Gasteiger partial charge in [-0.05, 0) is 0 Å². The first-order valence-corrected chi connectivity index (χ1v) is 2.39. The van der Waals surface area contributed by atoms with Crippen molar-refractivity contribution >= 4 is 0 Å². The lowest BCUT2D eigenvalue weighted by atomic mass is 10.5. The van der Waals surface area contributed by atoms with Gasteiger partial charge in [-0.15, -0.1) is 0 Å². The van der Waals surface area contributed by atoms with Crippen LogP contribution in [0.2, 0.25) is 0 Å². The third-order valence-corrected chi connectivity index (χ3v) is 0.902. The minimum atomic E-state index is -0.436. The van der Waals surface area contributed by atoms with E-state index in [1.54, 1.807) is 0 Å². The maximum atomic E-state index is 8.67. The van der Waals surface area contributed by atoms with Gasteiger partial charge in [-0.25, -0.2) is 0 Å². The van der Waals surface area contributed by atoms with Gasteiger partial charge < -0.3 is 9.84 Å². The van der Waals surface area contributed by atoms with Crippen LogP contribution in [-0.2, 0) is 4.74 Å². The second-order valence-electron chi connectivity index (χ2n) is 1.54. The summed E-state index contributed by atoms with van der Waals surface area (Å²) in [4.78, 5) is 0. The SMILES string of the molecule is C.O[C@@H]1COCCN1. The number of aliphatic hydroxyl groups is 1. The van der Waals surface area contributed by atoms with Crippen LogP contribution in [0.15, 0.2) is 0 Å². The molecule has 0 aromatic rings. The Morgan fingerprint density at radius 1 is 1.62 bits per heavy atom. The van der Waals surface area contributed by atoms with E-state index in [4.69, 9.17) is 9.84 Å². The first kappa shape index (κ1) is 7.88. The zero-order valence-electron chi connectivity index (χ0n) is 4.05. The fourth-order valence-corrected chi connectivity index (χ4v) is 0.552. The molecule has 0 amide bonds. The van der Waals surface area contributed by atoms with Crippen molar-refractivity contribution in [1.29, 1.82) is 0 Å². The fraction of sp³-hybridized carbons (Fsp3) is 1.00. The van der Waals surface area contributed by atoms with Gasteiger partial charge in [-0.3, -0.25) is 5.32 Å². The third kappa shape index (κ3) is 2.26. The average molecular weight is 119 g/mol. The Morgan fingerprint density at radius 3 is 2.62 bits per heavy atom. The Labute approximate surface area is 49.7 Å². The zero-order chi connectivity index (χ0) is 5.11. The van der Waals surface area contributed by atoms with Crippen LogP contribution in [0.4, 0.5) is 0 Å². The van der Waals surface area contributed by atoms with Crippen LogP contribution in [0.25, 0.3) is 0 Å². The van der Waals surface area contributed by atoms with Crippen molar-refractivity contribution in [1.82, 2.24) is 5.32 Å². The highest BCUT2D eigenvalue weighted by Crippen LogP contribution is 1.85. The van der Waals surface area contributed by atoms with Crippen LogP contribution in [0.1, 0.15) is 7.43 Å². The number of hydrogen-bond acceptors (Lipinski definition) is 3. The summed E-state index contributed by atoms with van der Waals surface area (Å²) in [6.07, 6.45) is -0.436. The highest BCUT2D eigenvalue weighted by atomic mass is 16.5. The first-order chi connectivity index (χ1) is 3.39. The largest absolute Gasteiger partial charge is 0.376 e. The summed E-state index contributed by atoms with van der Waals surface area (Å²) in [5.74, 6) is 0. The quantitative estimate of drug-likeness (QED) is 0.454. The van der Waals surface area contributed by atoms with E-state index in [1.807, 2.05) is 0 Å². The molecule has 0 aliphatic carbocycles. The van der Waals surface area contributed by atoms with Crippen LogP contribution < -0.4 is 5.32 Å². The highest BCUT2D eigenvalue weighted by molar-refractivity contribution is 4.55. The average Bonchev–Trinajstić information content (AvgIpc) is 1.69. The predicted molar refractivity (Wildman–Crippen MR) is 31.6 cm³/mol. The molecular weight excluding hydrogens is 106 g/mol. The van der Waals surface area contributed by atoms with Crippen LogP contribution in [0.5, 0.6) is 0 Å². The van der Waals surface area contributed by atoms with Crippen molar-refractivity contribution in [2.75, 3.05) is 19.8 Å². The number of ether oxygens (including phenoxy) is 1. The molecule has 1 heterocycles. The number of hydrogen-bond donors (Lipinski definition) is 2. The first-order valence-electron chi connectivity index (χ1n) is 2.39. The van der Waals surface area contributed by atoms with Gasteiger partial charge in [-0.1, -0.05) is 7.43 Å². The van der Waals surface area contributed by atoms with E-state index < -0.39 is 6.23 Å². The van der Waals surface area contributed by atoms with Gasteiger partial charge in [0, 0.05) is 6.54 Å². The van der Waals surface area contributed by atoms with Gasteiger partial charge in [0.1, 0.15) is 6.23 Å². The van der Waals surface area contributed by atoms with Crippen molar-refractivity contribution in [3.05, 3.63) is 0 Å². The Bertz CT molecular complexity index is 52.4. The lowest BCUT2D eigenvalue weighted by Crippen LogP contribution is -2.40. The number of nitrogens with one attached hydrogen (secondary N) is 1. The maximum absolute atomic E-state index is 8.67. The smallest absolute Gasteiger partial charge is 0.128 e. The van der Waals surface area contributed by atoms with E-state index in [0.29, 0.717) is 6.61 Å². The predicted octanol–water partition coefficient (Wildman–Crippen LogP) is -0.439. The summed E-state index contributed by atoms with van der Waals surface area (Å²) >= 11 is 0. The van der Waals surface area contributed by atoms with E-state index in [9.17, 15) is 0 Å². The summed E-state index contributed by atoms with van der Waals surface area (Å²) in [6, 6.07) is 0. The molecule has 3 heteroatoms. The Morgan fingerprint density at radius 2 is 2.38 bits per heavy atom. The lowest BCUT2D eigenvalue weighted by Gasteiger charge is -2.17.